The molecule has 0 aliphatic carbocycles. The van der Waals surface area contributed by atoms with Gasteiger partial charge in [0.05, 0.1) is 11.7 Å². The van der Waals surface area contributed by atoms with Crippen molar-refractivity contribution in [3.8, 4) is 0 Å². The molecule has 0 bridgehead atoms. The van der Waals surface area contributed by atoms with Crippen LogP contribution < -0.4 is 10.6 Å². The van der Waals surface area contributed by atoms with Crippen molar-refractivity contribution in [1.29, 1.82) is 0 Å². The van der Waals surface area contributed by atoms with E-state index in [2.05, 4.69) is 10.6 Å². The number of carbonyl (C=O) groups is 1. The van der Waals surface area contributed by atoms with Crippen molar-refractivity contribution in [3.05, 3.63) is 64.4 Å². The van der Waals surface area contributed by atoms with Crippen LogP contribution in [0.25, 0.3) is 0 Å². The molecule has 5 heteroatoms. The molecule has 108 valence electrons. The lowest BCUT2D eigenvalue weighted by Gasteiger charge is -2.25. The zero-order valence-corrected chi connectivity index (χ0v) is 12.0. The van der Waals surface area contributed by atoms with Crippen LogP contribution >= 0.6 is 11.6 Å². The molecule has 0 saturated heterocycles. The van der Waals surface area contributed by atoms with Crippen molar-refractivity contribution >= 4 is 23.2 Å². The van der Waals surface area contributed by atoms with Gasteiger partial charge in [-0.05, 0) is 35.7 Å². The third-order valence-corrected chi connectivity index (χ3v) is 3.82. The number of benzene rings is 2. The fourth-order valence-electron chi connectivity index (χ4n) is 2.45. The summed E-state index contributed by atoms with van der Waals surface area (Å²) in [6.45, 7) is 0.636. The van der Waals surface area contributed by atoms with E-state index in [0.717, 1.165) is 5.56 Å². The van der Waals surface area contributed by atoms with Gasteiger partial charge in [-0.25, -0.2) is 4.39 Å². The van der Waals surface area contributed by atoms with Gasteiger partial charge in [-0.3, -0.25) is 4.79 Å². The molecule has 0 radical (unpaired) electrons. The molecule has 0 spiro atoms. The van der Waals surface area contributed by atoms with Gasteiger partial charge in [0.15, 0.2) is 0 Å². The highest BCUT2D eigenvalue weighted by Crippen LogP contribution is 2.21. The second-order valence-corrected chi connectivity index (χ2v) is 5.46. The van der Waals surface area contributed by atoms with E-state index in [9.17, 15) is 9.18 Å². The molecular formula is C16H14ClFN2O. The minimum atomic E-state index is -0.535. The molecule has 2 aromatic carbocycles. The summed E-state index contributed by atoms with van der Waals surface area (Å²) in [6, 6.07) is 11.8. The Morgan fingerprint density at radius 2 is 2.00 bits per heavy atom. The molecule has 1 heterocycles. The maximum Gasteiger partial charge on any atom is 0.241 e. The van der Waals surface area contributed by atoms with E-state index in [4.69, 9.17) is 11.6 Å². The molecule has 0 fully saturated rings. The van der Waals surface area contributed by atoms with Gasteiger partial charge in [-0.1, -0.05) is 35.9 Å². The predicted octanol–water partition coefficient (Wildman–Crippen LogP) is 3.13. The van der Waals surface area contributed by atoms with E-state index in [0.29, 0.717) is 18.0 Å². The number of hydrogen-bond acceptors (Lipinski definition) is 2. The molecule has 0 saturated carbocycles. The van der Waals surface area contributed by atoms with Crippen molar-refractivity contribution in [2.45, 2.75) is 19.0 Å². The molecule has 0 unspecified atom stereocenters. The monoisotopic (exact) mass is 304 g/mol. The molecule has 1 amide bonds. The first-order chi connectivity index (χ1) is 10.1. The summed E-state index contributed by atoms with van der Waals surface area (Å²) >= 11 is 5.69. The Kier molecular flexibility index (Phi) is 3.90. The zero-order chi connectivity index (χ0) is 14.8. The van der Waals surface area contributed by atoms with Crippen LogP contribution in [0.2, 0.25) is 5.02 Å². The standard InChI is InChI=1S/C16H14ClFN2O/c17-12-5-6-14(13(18)8-12)20-16(21)15-7-10-3-1-2-4-11(10)9-19-15/h1-6,8,15,19H,7,9H2,(H,20,21)/t15-/m1/s1. The number of anilines is 1. The highest BCUT2D eigenvalue weighted by atomic mass is 35.5. The molecule has 21 heavy (non-hydrogen) atoms. The minimum Gasteiger partial charge on any atom is -0.322 e. The van der Waals surface area contributed by atoms with Gasteiger partial charge < -0.3 is 10.6 Å². The van der Waals surface area contributed by atoms with E-state index >= 15 is 0 Å². The van der Waals surface area contributed by atoms with Gasteiger partial charge in [-0.15, -0.1) is 0 Å². The maximum absolute atomic E-state index is 13.7. The fourth-order valence-corrected chi connectivity index (χ4v) is 2.61. The van der Waals surface area contributed by atoms with E-state index in [-0.39, 0.29) is 17.6 Å². The number of halogens is 2. The van der Waals surface area contributed by atoms with E-state index < -0.39 is 5.82 Å². The van der Waals surface area contributed by atoms with Crippen LogP contribution in [-0.4, -0.2) is 11.9 Å². The first-order valence-electron chi connectivity index (χ1n) is 6.69. The summed E-state index contributed by atoms with van der Waals surface area (Å²) in [5.74, 6) is -0.780. The van der Waals surface area contributed by atoms with E-state index in [1.54, 1.807) is 6.07 Å². The van der Waals surface area contributed by atoms with Gasteiger partial charge >= 0.3 is 0 Å². The summed E-state index contributed by atoms with van der Waals surface area (Å²) in [5.41, 5.74) is 2.48. The van der Waals surface area contributed by atoms with Crippen LogP contribution in [-0.2, 0) is 17.8 Å². The summed E-state index contributed by atoms with van der Waals surface area (Å²) in [7, 11) is 0. The molecule has 1 atom stereocenters. The molecule has 3 nitrogen and oxygen atoms in total. The van der Waals surface area contributed by atoms with Crippen LogP contribution in [0, 0.1) is 5.82 Å². The van der Waals surface area contributed by atoms with Crippen LogP contribution in [0.4, 0.5) is 10.1 Å². The Hall–Kier alpha value is -1.91. The summed E-state index contributed by atoms with van der Waals surface area (Å²) in [6.07, 6.45) is 0.594. The van der Waals surface area contributed by atoms with Crippen molar-refractivity contribution in [2.75, 3.05) is 5.32 Å². The lowest BCUT2D eigenvalue weighted by atomic mass is 9.95. The van der Waals surface area contributed by atoms with Crippen LogP contribution in [0.1, 0.15) is 11.1 Å². The molecule has 2 aromatic rings. The van der Waals surface area contributed by atoms with E-state index in [1.165, 1.54) is 17.7 Å². The largest absolute Gasteiger partial charge is 0.322 e. The lowest BCUT2D eigenvalue weighted by molar-refractivity contribution is -0.118. The first kappa shape index (κ1) is 14.0. The normalized spacial score (nSPS) is 17.1. The van der Waals surface area contributed by atoms with Gasteiger partial charge in [0.1, 0.15) is 5.82 Å². The summed E-state index contributed by atoms with van der Waals surface area (Å²) in [5, 5.41) is 6.07. The third kappa shape index (κ3) is 3.06. The number of amides is 1. The van der Waals surface area contributed by atoms with Gasteiger partial charge in [0.25, 0.3) is 0 Å². The number of nitrogens with one attached hydrogen (secondary N) is 2. The molecule has 1 aliphatic heterocycles. The van der Waals surface area contributed by atoms with Crippen molar-refractivity contribution < 1.29 is 9.18 Å². The highest BCUT2D eigenvalue weighted by Gasteiger charge is 2.24. The molecule has 0 aromatic heterocycles. The van der Waals surface area contributed by atoms with E-state index in [1.807, 2.05) is 24.3 Å². The first-order valence-corrected chi connectivity index (χ1v) is 7.07. The van der Waals surface area contributed by atoms with Crippen molar-refractivity contribution in [1.82, 2.24) is 5.32 Å². The Morgan fingerprint density at radius 1 is 1.24 bits per heavy atom. The molecular weight excluding hydrogens is 291 g/mol. The number of carbonyl (C=O) groups excluding carboxylic acids is 1. The number of fused-ring (bicyclic) bond motifs is 1. The Morgan fingerprint density at radius 3 is 2.76 bits per heavy atom. The average molecular weight is 305 g/mol. The smallest absolute Gasteiger partial charge is 0.241 e. The van der Waals surface area contributed by atoms with Gasteiger partial charge in [0.2, 0.25) is 5.91 Å². The van der Waals surface area contributed by atoms with Crippen molar-refractivity contribution in [3.63, 3.8) is 0 Å². The maximum atomic E-state index is 13.7. The van der Waals surface area contributed by atoms with Crippen molar-refractivity contribution in [2.24, 2.45) is 0 Å². The fraction of sp³-hybridized carbons (Fsp3) is 0.188. The number of hydrogen-bond donors (Lipinski definition) is 2. The topological polar surface area (TPSA) is 41.1 Å². The van der Waals surface area contributed by atoms with Gasteiger partial charge in [0, 0.05) is 11.6 Å². The quantitative estimate of drug-likeness (QED) is 0.895. The highest BCUT2D eigenvalue weighted by molar-refractivity contribution is 6.30. The second kappa shape index (κ2) is 5.84. The molecule has 3 rings (SSSR count). The molecule has 1 aliphatic rings. The summed E-state index contributed by atoms with van der Waals surface area (Å²) in [4.78, 5) is 12.2. The minimum absolute atomic E-state index is 0.144. The average Bonchev–Trinajstić information content (AvgIpc) is 2.49. The second-order valence-electron chi connectivity index (χ2n) is 5.02. The van der Waals surface area contributed by atoms with Crippen LogP contribution in [0.15, 0.2) is 42.5 Å². The third-order valence-electron chi connectivity index (χ3n) is 3.59. The lowest BCUT2D eigenvalue weighted by Crippen LogP contribution is -2.44. The zero-order valence-electron chi connectivity index (χ0n) is 11.2. The SMILES string of the molecule is O=C(Nc1ccc(Cl)cc1F)[C@H]1Cc2ccccc2CN1. The Bertz CT molecular complexity index is 690. The number of rotatable bonds is 2. The van der Waals surface area contributed by atoms with Crippen LogP contribution in [0.3, 0.4) is 0 Å². The van der Waals surface area contributed by atoms with Crippen LogP contribution in [0.5, 0.6) is 0 Å². The summed E-state index contributed by atoms with van der Waals surface area (Å²) < 4.78 is 13.7. The molecule has 2 N–H and O–H groups in total. The predicted molar refractivity (Wildman–Crippen MR) is 80.8 cm³/mol. The van der Waals surface area contributed by atoms with Gasteiger partial charge in [-0.2, -0.15) is 0 Å². The Labute approximate surface area is 127 Å². The Balaban J connectivity index is 1.72.